The molecular formula is C22H18FNO3. The number of benzene rings is 3. The Morgan fingerprint density at radius 3 is 1.89 bits per heavy atom. The molecule has 3 aromatic rings. The molecule has 0 radical (unpaired) electrons. The third kappa shape index (κ3) is 3.87. The van der Waals surface area contributed by atoms with Crippen molar-refractivity contribution in [2.24, 2.45) is 4.99 Å². The number of methoxy groups -OCH3 is 2. The molecule has 0 saturated carbocycles. The van der Waals surface area contributed by atoms with E-state index >= 15 is 0 Å². The summed E-state index contributed by atoms with van der Waals surface area (Å²) in [6.45, 7) is 0. The molecule has 0 fully saturated rings. The zero-order valence-electron chi connectivity index (χ0n) is 15.0. The van der Waals surface area contributed by atoms with Gasteiger partial charge in [-0.25, -0.2) is 14.2 Å². The van der Waals surface area contributed by atoms with Gasteiger partial charge < -0.3 is 9.47 Å². The molecule has 0 unspecified atom stereocenters. The van der Waals surface area contributed by atoms with E-state index in [2.05, 4.69) is 4.99 Å². The fraction of sp³-hybridized carbons (Fsp3) is 0.0909. The van der Waals surface area contributed by atoms with E-state index in [1.807, 2.05) is 60.7 Å². The van der Waals surface area contributed by atoms with Crippen LogP contribution in [0.25, 0.3) is 0 Å². The Balaban J connectivity index is 2.25. The van der Waals surface area contributed by atoms with Crippen LogP contribution in [0.15, 0.2) is 77.8 Å². The summed E-state index contributed by atoms with van der Waals surface area (Å²) in [7, 11) is 2.53. The van der Waals surface area contributed by atoms with Gasteiger partial charge in [-0.1, -0.05) is 60.7 Å². The Kier molecular flexibility index (Phi) is 5.61. The van der Waals surface area contributed by atoms with E-state index in [0.717, 1.165) is 11.1 Å². The Morgan fingerprint density at radius 2 is 1.41 bits per heavy atom. The average Bonchev–Trinajstić information content (AvgIpc) is 2.73. The van der Waals surface area contributed by atoms with Crippen molar-refractivity contribution in [2.45, 2.75) is 0 Å². The number of aliphatic imine (C=N–C) groups is 1. The van der Waals surface area contributed by atoms with Crippen LogP contribution in [-0.4, -0.2) is 25.9 Å². The van der Waals surface area contributed by atoms with Crippen molar-refractivity contribution in [3.8, 4) is 5.75 Å². The molecule has 0 bridgehead atoms. The lowest BCUT2D eigenvalue weighted by Crippen LogP contribution is -2.08. The summed E-state index contributed by atoms with van der Waals surface area (Å²) in [6.07, 6.45) is 0. The molecule has 0 aliphatic carbocycles. The maximum Gasteiger partial charge on any atom is 0.343 e. The number of rotatable bonds is 5. The van der Waals surface area contributed by atoms with Crippen molar-refractivity contribution in [3.05, 3.63) is 95.3 Å². The number of hydrogen-bond acceptors (Lipinski definition) is 4. The van der Waals surface area contributed by atoms with Crippen molar-refractivity contribution < 1.29 is 18.7 Å². The Labute approximate surface area is 156 Å². The van der Waals surface area contributed by atoms with E-state index in [-0.39, 0.29) is 17.0 Å². The van der Waals surface area contributed by atoms with Gasteiger partial charge in [0.2, 0.25) is 0 Å². The molecule has 0 saturated heterocycles. The van der Waals surface area contributed by atoms with E-state index in [1.165, 1.54) is 20.3 Å². The lowest BCUT2D eigenvalue weighted by atomic mass is 10.0. The Morgan fingerprint density at radius 1 is 0.852 bits per heavy atom. The van der Waals surface area contributed by atoms with E-state index in [0.29, 0.717) is 5.71 Å². The fourth-order valence-electron chi connectivity index (χ4n) is 2.70. The van der Waals surface area contributed by atoms with Gasteiger partial charge in [-0.3, -0.25) is 0 Å². The number of halogens is 1. The molecule has 136 valence electrons. The molecule has 0 atom stereocenters. The molecule has 5 heteroatoms. The zero-order chi connectivity index (χ0) is 19.2. The molecule has 0 spiro atoms. The molecule has 3 aromatic carbocycles. The van der Waals surface area contributed by atoms with E-state index in [4.69, 9.17) is 9.47 Å². The maximum atomic E-state index is 14.7. The highest BCUT2D eigenvalue weighted by atomic mass is 19.1. The zero-order valence-corrected chi connectivity index (χ0v) is 15.0. The summed E-state index contributed by atoms with van der Waals surface area (Å²) < 4.78 is 24.5. The summed E-state index contributed by atoms with van der Waals surface area (Å²) >= 11 is 0. The molecule has 27 heavy (non-hydrogen) atoms. The highest BCUT2D eigenvalue weighted by Crippen LogP contribution is 2.31. The fourth-order valence-corrected chi connectivity index (χ4v) is 2.70. The van der Waals surface area contributed by atoms with Gasteiger partial charge in [-0.05, 0) is 12.1 Å². The van der Waals surface area contributed by atoms with Crippen molar-refractivity contribution in [1.29, 1.82) is 0 Å². The van der Waals surface area contributed by atoms with Gasteiger partial charge >= 0.3 is 5.97 Å². The SMILES string of the molecule is COC(=O)c1c(N=C(c2ccccc2)c2ccccc2)ccc(OC)c1F. The second kappa shape index (κ2) is 8.27. The Bertz CT molecular complexity index is 928. The van der Waals surface area contributed by atoms with Crippen LogP contribution in [0.2, 0.25) is 0 Å². The van der Waals surface area contributed by atoms with Crippen molar-refractivity contribution in [3.63, 3.8) is 0 Å². The summed E-state index contributed by atoms with van der Waals surface area (Å²) in [5.41, 5.74) is 2.21. The van der Waals surface area contributed by atoms with Gasteiger partial charge in [0.1, 0.15) is 5.56 Å². The molecule has 4 nitrogen and oxygen atoms in total. The van der Waals surface area contributed by atoms with Crippen molar-refractivity contribution in [2.75, 3.05) is 14.2 Å². The summed E-state index contributed by atoms with van der Waals surface area (Å²) in [5.74, 6) is -1.66. The second-order valence-electron chi connectivity index (χ2n) is 5.66. The van der Waals surface area contributed by atoms with Gasteiger partial charge in [0.15, 0.2) is 11.6 Å². The van der Waals surface area contributed by atoms with Crippen LogP contribution in [0.1, 0.15) is 21.5 Å². The number of carbonyl (C=O) groups is 1. The normalized spacial score (nSPS) is 10.2. The molecule has 0 N–H and O–H groups in total. The topological polar surface area (TPSA) is 47.9 Å². The number of carbonyl (C=O) groups excluding carboxylic acids is 1. The quantitative estimate of drug-likeness (QED) is 0.484. The van der Waals surface area contributed by atoms with Crippen LogP contribution < -0.4 is 4.74 Å². The smallest absolute Gasteiger partial charge is 0.343 e. The van der Waals surface area contributed by atoms with E-state index < -0.39 is 11.8 Å². The van der Waals surface area contributed by atoms with Crippen LogP contribution >= 0.6 is 0 Å². The standard InChI is InChI=1S/C22H18FNO3/c1-26-18-14-13-17(19(20(18)23)22(25)27-2)24-21(15-9-5-3-6-10-15)16-11-7-4-8-12-16/h3-14H,1-2H3. The largest absolute Gasteiger partial charge is 0.494 e. The molecule has 3 rings (SSSR count). The first-order valence-corrected chi connectivity index (χ1v) is 8.30. The maximum absolute atomic E-state index is 14.7. The van der Waals surface area contributed by atoms with Crippen LogP contribution in [-0.2, 0) is 4.74 Å². The van der Waals surface area contributed by atoms with Crippen LogP contribution in [0, 0.1) is 5.82 Å². The van der Waals surface area contributed by atoms with Gasteiger partial charge in [0.25, 0.3) is 0 Å². The highest BCUT2D eigenvalue weighted by molar-refractivity contribution is 6.14. The number of nitrogens with zero attached hydrogens (tertiary/aromatic N) is 1. The second-order valence-corrected chi connectivity index (χ2v) is 5.66. The average molecular weight is 363 g/mol. The first-order valence-electron chi connectivity index (χ1n) is 8.30. The predicted molar refractivity (Wildman–Crippen MR) is 102 cm³/mol. The minimum Gasteiger partial charge on any atom is -0.494 e. The number of esters is 1. The van der Waals surface area contributed by atoms with Gasteiger partial charge in [0, 0.05) is 11.1 Å². The van der Waals surface area contributed by atoms with Gasteiger partial charge in [-0.2, -0.15) is 0 Å². The molecular weight excluding hydrogens is 345 g/mol. The number of ether oxygens (including phenoxy) is 2. The monoisotopic (exact) mass is 363 g/mol. The lowest BCUT2D eigenvalue weighted by Gasteiger charge is -2.12. The molecule has 0 amide bonds. The minimum atomic E-state index is -0.814. The van der Waals surface area contributed by atoms with Crippen LogP contribution in [0.3, 0.4) is 0 Å². The molecule has 0 aliphatic heterocycles. The van der Waals surface area contributed by atoms with E-state index in [1.54, 1.807) is 6.07 Å². The minimum absolute atomic E-state index is 0.0460. The first kappa shape index (κ1) is 18.3. The number of hydrogen-bond donors (Lipinski definition) is 0. The molecule has 0 aromatic heterocycles. The Hall–Kier alpha value is -3.47. The van der Waals surface area contributed by atoms with E-state index in [9.17, 15) is 9.18 Å². The summed E-state index contributed by atoms with van der Waals surface area (Å²) in [6, 6.07) is 22.0. The summed E-state index contributed by atoms with van der Waals surface area (Å²) in [4.78, 5) is 16.8. The highest BCUT2D eigenvalue weighted by Gasteiger charge is 2.22. The molecule has 0 heterocycles. The van der Waals surface area contributed by atoms with Gasteiger partial charge in [0.05, 0.1) is 25.6 Å². The first-order chi connectivity index (χ1) is 13.2. The molecule has 0 aliphatic rings. The van der Waals surface area contributed by atoms with Crippen molar-refractivity contribution in [1.82, 2.24) is 0 Å². The third-order valence-corrected chi connectivity index (χ3v) is 4.02. The summed E-state index contributed by atoms with van der Waals surface area (Å²) in [5, 5.41) is 0. The van der Waals surface area contributed by atoms with Crippen molar-refractivity contribution >= 4 is 17.4 Å². The van der Waals surface area contributed by atoms with Gasteiger partial charge in [-0.15, -0.1) is 0 Å². The van der Waals surface area contributed by atoms with Crippen LogP contribution in [0.5, 0.6) is 5.75 Å². The van der Waals surface area contributed by atoms with Crippen LogP contribution in [0.4, 0.5) is 10.1 Å². The lowest BCUT2D eigenvalue weighted by molar-refractivity contribution is 0.0595. The third-order valence-electron chi connectivity index (χ3n) is 4.02. The predicted octanol–water partition coefficient (Wildman–Crippen LogP) is 4.79.